The van der Waals surface area contributed by atoms with Gasteiger partial charge in [-0.1, -0.05) is 43.2 Å². The van der Waals surface area contributed by atoms with Gasteiger partial charge in [-0.15, -0.1) is 0 Å². The van der Waals surface area contributed by atoms with Gasteiger partial charge in [0.1, 0.15) is 12.2 Å². The Morgan fingerprint density at radius 1 is 1.23 bits per heavy atom. The molecule has 0 aliphatic heterocycles. The summed E-state index contributed by atoms with van der Waals surface area (Å²) in [5, 5.41) is 9.31. The molecule has 3 rings (SSSR count). The number of aromatic nitrogens is 2. The van der Waals surface area contributed by atoms with Gasteiger partial charge in [-0.25, -0.2) is 14.6 Å². The van der Waals surface area contributed by atoms with E-state index in [2.05, 4.69) is 9.97 Å². The Hall–Kier alpha value is -2.67. The average Bonchev–Trinajstić information content (AvgIpc) is 3.15. The molecule has 1 N–H and O–H groups in total. The Bertz CT molecular complexity index is 794. The fraction of sp³-hybridized carbons (Fsp3) is 0.333. The van der Waals surface area contributed by atoms with Crippen LogP contribution in [0.1, 0.15) is 41.6 Å². The molecule has 0 atom stereocenters. The Labute approximate surface area is 155 Å². The third-order valence-electron chi connectivity index (χ3n) is 4.29. The van der Waals surface area contributed by atoms with E-state index in [0.29, 0.717) is 0 Å². The molecule has 0 unspecified atom stereocenters. The van der Waals surface area contributed by atoms with E-state index in [0.717, 1.165) is 37.4 Å². The minimum atomic E-state index is -1.23. The number of carboxylic acid groups (broad SMARTS) is 1. The van der Waals surface area contributed by atoms with E-state index in [1.54, 1.807) is 0 Å². The molecule has 0 spiro atoms. The highest BCUT2D eigenvalue weighted by atomic mass is 35.5. The van der Waals surface area contributed by atoms with E-state index < -0.39 is 12.1 Å². The highest BCUT2D eigenvalue weighted by Crippen LogP contribution is 2.30. The molecule has 26 heavy (non-hydrogen) atoms. The fourth-order valence-corrected chi connectivity index (χ4v) is 3.18. The first-order valence-electron chi connectivity index (χ1n) is 8.32. The molecule has 1 aromatic heterocycles. The van der Waals surface area contributed by atoms with Crippen molar-refractivity contribution in [3.63, 3.8) is 0 Å². The van der Waals surface area contributed by atoms with Gasteiger partial charge < -0.3 is 9.84 Å². The third kappa shape index (κ3) is 4.11. The van der Waals surface area contributed by atoms with Gasteiger partial charge in [0.05, 0.1) is 0 Å². The Balaban J connectivity index is 1.89. The van der Waals surface area contributed by atoms with Gasteiger partial charge in [-0.3, -0.25) is 4.90 Å². The van der Waals surface area contributed by atoms with Crippen LogP contribution in [0.2, 0.25) is 5.28 Å². The summed E-state index contributed by atoms with van der Waals surface area (Å²) >= 11 is 5.86. The lowest BCUT2D eigenvalue weighted by Crippen LogP contribution is -2.41. The second-order valence-corrected chi connectivity index (χ2v) is 6.37. The van der Waals surface area contributed by atoms with Crippen molar-refractivity contribution in [1.29, 1.82) is 0 Å². The third-order valence-corrected chi connectivity index (χ3v) is 4.47. The Kier molecular flexibility index (Phi) is 5.68. The summed E-state index contributed by atoms with van der Waals surface area (Å²) in [5.41, 5.74) is 0.657. The van der Waals surface area contributed by atoms with Crippen molar-refractivity contribution in [2.24, 2.45) is 0 Å². The number of carbonyl (C=O) groups excluding carboxylic acids is 1. The SMILES string of the molecule is O=C(O)c1cnc(Cl)nc1N(C(=O)OCc1ccccc1)C1CCCC1. The normalized spacial score (nSPS) is 14.2. The topological polar surface area (TPSA) is 92.6 Å². The van der Waals surface area contributed by atoms with Crippen LogP contribution < -0.4 is 4.90 Å². The van der Waals surface area contributed by atoms with Crippen molar-refractivity contribution >= 4 is 29.5 Å². The minimum Gasteiger partial charge on any atom is -0.477 e. The zero-order chi connectivity index (χ0) is 18.5. The zero-order valence-corrected chi connectivity index (χ0v) is 14.7. The number of carbonyl (C=O) groups is 2. The molecule has 0 saturated heterocycles. The summed E-state index contributed by atoms with van der Waals surface area (Å²) in [6.07, 6.45) is 3.88. The van der Waals surface area contributed by atoms with Crippen LogP contribution in [0, 0.1) is 0 Å². The lowest BCUT2D eigenvalue weighted by atomic mass is 10.2. The molecule has 2 aromatic rings. The molecule has 0 radical (unpaired) electrons. The van der Waals surface area contributed by atoms with E-state index in [1.807, 2.05) is 30.3 Å². The monoisotopic (exact) mass is 375 g/mol. The Morgan fingerprint density at radius 3 is 2.58 bits per heavy atom. The average molecular weight is 376 g/mol. The number of hydrogen-bond donors (Lipinski definition) is 1. The van der Waals surface area contributed by atoms with Crippen LogP contribution in [-0.2, 0) is 11.3 Å². The van der Waals surface area contributed by atoms with Gasteiger partial charge in [0.25, 0.3) is 0 Å². The Morgan fingerprint density at radius 2 is 1.92 bits per heavy atom. The number of rotatable bonds is 5. The van der Waals surface area contributed by atoms with Gasteiger partial charge >= 0.3 is 12.1 Å². The second kappa shape index (κ2) is 8.14. The number of aromatic carboxylic acids is 1. The van der Waals surface area contributed by atoms with Gasteiger partial charge in [-0.05, 0) is 30.0 Å². The van der Waals surface area contributed by atoms with Gasteiger partial charge in [0.2, 0.25) is 5.28 Å². The van der Waals surface area contributed by atoms with E-state index in [9.17, 15) is 14.7 Å². The second-order valence-electron chi connectivity index (χ2n) is 6.03. The first-order chi connectivity index (χ1) is 12.6. The molecule has 1 amide bonds. The number of hydrogen-bond acceptors (Lipinski definition) is 5. The summed E-state index contributed by atoms with van der Waals surface area (Å²) < 4.78 is 5.42. The fourth-order valence-electron chi connectivity index (χ4n) is 3.05. The number of anilines is 1. The van der Waals surface area contributed by atoms with Crippen molar-refractivity contribution in [3.05, 3.63) is 52.9 Å². The lowest BCUT2D eigenvalue weighted by molar-refractivity contribution is 0.0696. The molecular weight excluding hydrogens is 358 g/mol. The van der Waals surface area contributed by atoms with E-state index in [-0.39, 0.29) is 29.3 Å². The smallest absolute Gasteiger partial charge is 0.416 e. The summed E-state index contributed by atoms with van der Waals surface area (Å²) in [7, 11) is 0. The number of nitrogens with zero attached hydrogens (tertiary/aromatic N) is 3. The molecular formula is C18H18ClN3O4. The van der Waals surface area contributed by atoms with E-state index in [4.69, 9.17) is 16.3 Å². The molecule has 8 heteroatoms. The minimum absolute atomic E-state index is 0.0255. The molecule has 1 saturated carbocycles. The maximum atomic E-state index is 12.8. The van der Waals surface area contributed by atoms with E-state index in [1.165, 1.54) is 4.90 Å². The quantitative estimate of drug-likeness (QED) is 0.796. The van der Waals surface area contributed by atoms with Crippen LogP contribution in [0.4, 0.5) is 10.6 Å². The number of halogens is 1. The first kappa shape index (κ1) is 18.1. The predicted octanol–water partition coefficient (Wildman–Crippen LogP) is 3.91. The number of benzene rings is 1. The lowest BCUT2D eigenvalue weighted by Gasteiger charge is -2.28. The molecule has 1 aliphatic carbocycles. The molecule has 1 heterocycles. The van der Waals surface area contributed by atoms with E-state index >= 15 is 0 Å². The van der Waals surface area contributed by atoms with Crippen LogP contribution in [0.3, 0.4) is 0 Å². The summed E-state index contributed by atoms with van der Waals surface area (Å²) in [6.45, 7) is 0.0874. The largest absolute Gasteiger partial charge is 0.477 e. The summed E-state index contributed by atoms with van der Waals surface area (Å²) in [5.74, 6) is -1.25. The maximum Gasteiger partial charge on any atom is 0.416 e. The van der Waals surface area contributed by atoms with Crippen LogP contribution in [-0.4, -0.2) is 33.2 Å². The van der Waals surface area contributed by atoms with Crippen molar-refractivity contribution in [3.8, 4) is 0 Å². The predicted molar refractivity (Wildman–Crippen MR) is 95.4 cm³/mol. The van der Waals surface area contributed by atoms with Crippen molar-refractivity contribution in [1.82, 2.24) is 9.97 Å². The van der Waals surface area contributed by atoms with Crippen LogP contribution in [0.15, 0.2) is 36.5 Å². The van der Waals surface area contributed by atoms with Gasteiger partial charge in [-0.2, -0.15) is 4.98 Å². The highest BCUT2D eigenvalue weighted by Gasteiger charge is 2.33. The molecule has 1 aliphatic rings. The van der Waals surface area contributed by atoms with Crippen molar-refractivity contribution in [2.45, 2.75) is 38.3 Å². The summed E-state index contributed by atoms with van der Waals surface area (Å²) in [6, 6.07) is 9.09. The standard InChI is InChI=1S/C18H18ClN3O4/c19-17-20-10-14(16(23)24)15(21-17)22(13-8-4-5-9-13)18(25)26-11-12-6-2-1-3-7-12/h1-3,6-7,10,13H,4-5,8-9,11H2,(H,23,24). The molecule has 7 nitrogen and oxygen atoms in total. The molecule has 1 fully saturated rings. The molecule has 0 bridgehead atoms. The zero-order valence-electron chi connectivity index (χ0n) is 14.0. The van der Waals surface area contributed by atoms with Gasteiger partial charge in [0, 0.05) is 12.2 Å². The van der Waals surface area contributed by atoms with Crippen molar-refractivity contribution in [2.75, 3.05) is 4.90 Å². The van der Waals surface area contributed by atoms with Crippen LogP contribution >= 0.6 is 11.6 Å². The van der Waals surface area contributed by atoms with Gasteiger partial charge in [0.15, 0.2) is 5.82 Å². The molecule has 1 aromatic carbocycles. The summed E-state index contributed by atoms with van der Waals surface area (Å²) in [4.78, 5) is 33.4. The first-order valence-corrected chi connectivity index (χ1v) is 8.70. The maximum absolute atomic E-state index is 12.8. The van der Waals surface area contributed by atoms with Crippen LogP contribution in [0.25, 0.3) is 0 Å². The van der Waals surface area contributed by atoms with Crippen molar-refractivity contribution < 1.29 is 19.4 Å². The van der Waals surface area contributed by atoms with Crippen LogP contribution in [0.5, 0.6) is 0 Å². The number of carboxylic acids is 1. The molecule has 136 valence electrons. The number of ether oxygens (including phenoxy) is 1. The highest BCUT2D eigenvalue weighted by molar-refractivity contribution is 6.28. The number of amides is 1.